The maximum Gasteiger partial charge on any atom is 0.198 e. The largest absolute Gasteiger partial charge is 0.453 e. The lowest BCUT2D eigenvalue weighted by Crippen LogP contribution is -2.21. The first-order chi connectivity index (χ1) is 13.7. The fraction of sp³-hybridized carbons (Fsp3) is 0.304. The third-order valence-electron chi connectivity index (χ3n) is 5.13. The Hall–Kier alpha value is -2.92. The lowest BCUT2D eigenvalue weighted by atomic mass is 10.1. The number of aromatic nitrogens is 2. The number of furan rings is 1. The van der Waals surface area contributed by atoms with Crippen LogP contribution in [0.2, 0.25) is 0 Å². The minimum absolute atomic E-state index is 0.613. The van der Waals surface area contributed by atoms with Gasteiger partial charge in [-0.1, -0.05) is 37.3 Å². The second-order valence-electron chi connectivity index (χ2n) is 7.19. The summed E-state index contributed by atoms with van der Waals surface area (Å²) in [6, 6.07) is 16.2. The molecule has 4 aromatic rings. The van der Waals surface area contributed by atoms with E-state index in [9.17, 15) is 0 Å². The molecule has 1 N–H and O–H groups in total. The highest BCUT2D eigenvalue weighted by molar-refractivity contribution is 5.93. The molecule has 0 bridgehead atoms. The van der Waals surface area contributed by atoms with Crippen LogP contribution in [0.1, 0.15) is 18.9 Å². The number of anilines is 1. The molecule has 0 aliphatic heterocycles. The average Bonchev–Trinajstić information content (AvgIpc) is 3.15. The number of aryl methyl sites for hydroxylation is 1. The molecule has 5 nitrogen and oxygen atoms in total. The summed E-state index contributed by atoms with van der Waals surface area (Å²) in [5.74, 6) is 2.18. The van der Waals surface area contributed by atoms with Gasteiger partial charge in [0.1, 0.15) is 11.4 Å². The monoisotopic (exact) mass is 374 g/mol. The van der Waals surface area contributed by atoms with Crippen LogP contribution in [-0.2, 0) is 0 Å². The van der Waals surface area contributed by atoms with Crippen molar-refractivity contribution in [2.24, 2.45) is 0 Å². The fourth-order valence-corrected chi connectivity index (χ4v) is 3.40. The van der Waals surface area contributed by atoms with Gasteiger partial charge in [0.25, 0.3) is 0 Å². The number of rotatable bonds is 7. The van der Waals surface area contributed by atoms with Crippen molar-refractivity contribution in [3.63, 3.8) is 0 Å². The van der Waals surface area contributed by atoms with E-state index in [1.54, 1.807) is 0 Å². The highest BCUT2D eigenvalue weighted by Gasteiger charge is 2.14. The van der Waals surface area contributed by atoms with Crippen LogP contribution in [0.15, 0.2) is 52.9 Å². The van der Waals surface area contributed by atoms with Gasteiger partial charge in [0.2, 0.25) is 0 Å². The zero-order valence-electron chi connectivity index (χ0n) is 16.7. The van der Waals surface area contributed by atoms with Crippen molar-refractivity contribution in [3.05, 3.63) is 54.1 Å². The van der Waals surface area contributed by atoms with Gasteiger partial charge in [0.05, 0.1) is 5.52 Å². The van der Waals surface area contributed by atoms with E-state index in [-0.39, 0.29) is 0 Å². The molecule has 4 rings (SSSR count). The molecule has 0 radical (unpaired) electrons. The molecule has 0 unspecified atom stereocenters. The van der Waals surface area contributed by atoms with E-state index in [0.29, 0.717) is 11.6 Å². The molecule has 0 aliphatic rings. The van der Waals surface area contributed by atoms with Crippen LogP contribution in [0.4, 0.5) is 5.82 Å². The van der Waals surface area contributed by atoms with Crippen molar-refractivity contribution in [3.8, 4) is 11.6 Å². The number of para-hydroxylation sites is 1. The normalized spacial score (nSPS) is 11.6. The van der Waals surface area contributed by atoms with Gasteiger partial charge in [-0.05, 0) is 57.2 Å². The Morgan fingerprint density at radius 1 is 1.07 bits per heavy atom. The van der Waals surface area contributed by atoms with E-state index >= 15 is 0 Å². The van der Waals surface area contributed by atoms with E-state index in [1.807, 2.05) is 42.5 Å². The average molecular weight is 374 g/mol. The molecule has 5 heteroatoms. The predicted octanol–water partition coefficient (Wildman–Crippen LogP) is 5.11. The van der Waals surface area contributed by atoms with E-state index in [0.717, 1.165) is 53.7 Å². The van der Waals surface area contributed by atoms with E-state index in [1.165, 1.54) is 5.56 Å². The number of hydrogen-bond donors (Lipinski definition) is 1. The van der Waals surface area contributed by atoms with Crippen molar-refractivity contribution >= 4 is 27.7 Å². The zero-order chi connectivity index (χ0) is 19.5. The molecular weight excluding hydrogens is 348 g/mol. The second-order valence-corrected chi connectivity index (χ2v) is 7.19. The third-order valence-corrected chi connectivity index (χ3v) is 5.13. The third kappa shape index (κ3) is 3.71. The Labute approximate surface area is 165 Å². The Morgan fingerprint density at radius 2 is 1.93 bits per heavy atom. The fourth-order valence-electron chi connectivity index (χ4n) is 3.40. The van der Waals surface area contributed by atoms with E-state index in [4.69, 9.17) is 14.4 Å². The Morgan fingerprint density at radius 3 is 2.75 bits per heavy atom. The summed E-state index contributed by atoms with van der Waals surface area (Å²) in [5, 5.41) is 5.67. The molecule has 0 spiro atoms. The molecule has 0 fully saturated rings. The first kappa shape index (κ1) is 18.4. The molecule has 28 heavy (non-hydrogen) atoms. The molecule has 144 valence electrons. The summed E-state index contributed by atoms with van der Waals surface area (Å²) in [4.78, 5) is 11.9. The lowest BCUT2D eigenvalue weighted by molar-refractivity contribution is 0.351. The second kappa shape index (κ2) is 7.98. The van der Waals surface area contributed by atoms with Crippen LogP contribution in [0.25, 0.3) is 33.5 Å². The number of fused-ring (bicyclic) bond motifs is 2. The number of nitrogens with one attached hydrogen (secondary N) is 1. The van der Waals surface area contributed by atoms with Gasteiger partial charge in [0, 0.05) is 17.3 Å². The van der Waals surface area contributed by atoms with Crippen LogP contribution in [-0.4, -0.2) is 41.5 Å². The molecule has 2 aromatic heterocycles. The van der Waals surface area contributed by atoms with Crippen LogP contribution in [0, 0.1) is 6.92 Å². The first-order valence-corrected chi connectivity index (χ1v) is 9.84. The summed E-state index contributed by atoms with van der Waals surface area (Å²) < 4.78 is 6.00. The summed E-state index contributed by atoms with van der Waals surface area (Å²) >= 11 is 0. The standard InChI is InChI=1S/C23H26N4O/c1-4-27(3)14-8-13-24-23-21-16(2)9-7-11-18(21)25-22(26-23)20-15-17-10-5-6-12-19(17)28-20/h5-7,9-12,15H,4,8,13-14H2,1-3H3,(H,24,25,26). The Bertz CT molecular complexity index is 1070. The molecule has 2 heterocycles. The van der Waals surface area contributed by atoms with E-state index in [2.05, 4.69) is 37.2 Å². The Kier molecular flexibility index (Phi) is 5.26. The summed E-state index contributed by atoms with van der Waals surface area (Å²) in [6.45, 7) is 7.26. The van der Waals surface area contributed by atoms with Gasteiger partial charge in [-0.25, -0.2) is 9.97 Å². The SMILES string of the molecule is CCN(C)CCCNc1nc(-c2cc3ccccc3o2)nc2cccc(C)c12. The van der Waals surface area contributed by atoms with E-state index < -0.39 is 0 Å². The number of hydrogen-bond acceptors (Lipinski definition) is 5. The smallest absolute Gasteiger partial charge is 0.198 e. The van der Waals surface area contributed by atoms with Crippen LogP contribution < -0.4 is 5.32 Å². The molecular formula is C23H26N4O. The molecule has 0 atom stereocenters. The first-order valence-electron chi connectivity index (χ1n) is 9.84. The van der Waals surface area contributed by atoms with Gasteiger partial charge in [-0.2, -0.15) is 0 Å². The van der Waals surface area contributed by atoms with Gasteiger partial charge in [-0.15, -0.1) is 0 Å². The van der Waals surface area contributed by atoms with Crippen molar-refractivity contribution in [2.45, 2.75) is 20.3 Å². The minimum Gasteiger partial charge on any atom is -0.453 e. The van der Waals surface area contributed by atoms with Crippen LogP contribution in [0.3, 0.4) is 0 Å². The maximum absolute atomic E-state index is 6.00. The number of nitrogens with zero attached hydrogens (tertiary/aromatic N) is 3. The van der Waals surface area contributed by atoms with Crippen molar-refractivity contribution in [2.75, 3.05) is 32.0 Å². The molecule has 2 aromatic carbocycles. The topological polar surface area (TPSA) is 54.2 Å². The lowest BCUT2D eigenvalue weighted by Gasteiger charge is -2.15. The van der Waals surface area contributed by atoms with Gasteiger partial charge >= 0.3 is 0 Å². The summed E-state index contributed by atoms with van der Waals surface area (Å²) in [7, 11) is 2.14. The Balaban J connectivity index is 1.70. The highest BCUT2D eigenvalue weighted by atomic mass is 16.3. The van der Waals surface area contributed by atoms with Crippen LogP contribution >= 0.6 is 0 Å². The van der Waals surface area contributed by atoms with Crippen molar-refractivity contribution in [1.82, 2.24) is 14.9 Å². The maximum atomic E-state index is 6.00. The molecule has 0 aliphatic carbocycles. The van der Waals surface area contributed by atoms with Gasteiger partial charge < -0.3 is 14.6 Å². The molecule has 0 saturated carbocycles. The van der Waals surface area contributed by atoms with Crippen molar-refractivity contribution < 1.29 is 4.42 Å². The van der Waals surface area contributed by atoms with Gasteiger partial charge in [0.15, 0.2) is 11.6 Å². The highest BCUT2D eigenvalue weighted by Crippen LogP contribution is 2.30. The van der Waals surface area contributed by atoms with Gasteiger partial charge in [-0.3, -0.25) is 0 Å². The molecule has 0 amide bonds. The minimum atomic E-state index is 0.613. The van der Waals surface area contributed by atoms with Crippen LogP contribution in [0.5, 0.6) is 0 Å². The quantitative estimate of drug-likeness (QED) is 0.456. The number of benzene rings is 2. The van der Waals surface area contributed by atoms with Crippen molar-refractivity contribution in [1.29, 1.82) is 0 Å². The zero-order valence-corrected chi connectivity index (χ0v) is 16.7. The molecule has 0 saturated heterocycles. The summed E-state index contributed by atoms with van der Waals surface area (Å²) in [5.41, 5.74) is 2.95. The summed E-state index contributed by atoms with van der Waals surface area (Å²) in [6.07, 6.45) is 1.06. The predicted molar refractivity (Wildman–Crippen MR) is 116 cm³/mol.